The summed E-state index contributed by atoms with van der Waals surface area (Å²) in [6, 6.07) is 5.56. The van der Waals surface area contributed by atoms with Crippen molar-refractivity contribution in [1.82, 2.24) is 9.88 Å². The van der Waals surface area contributed by atoms with E-state index in [4.69, 9.17) is 9.84 Å². The van der Waals surface area contributed by atoms with E-state index in [0.717, 1.165) is 23.9 Å². The zero-order chi connectivity index (χ0) is 17.6. The zero-order valence-electron chi connectivity index (χ0n) is 14.3. The van der Waals surface area contributed by atoms with E-state index in [1.54, 1.807) is 6.07 Å². The molecule has 1 saturated heterocycles. The molecule has 1 aliphatic heterocycles. The number of esters is 1. The van der Waals surface area contributed by atoms with Gasteiger partial charge in [-0.2, -0.15) is 0 Å². The average Bonchev–Trinajstić information content (AvgIpc) is 3.21. The Morgan fingerprint density at radius 1 is 1.20 bits per heavy atom. The number of likely N-dealkylation sites (tertiary alicyclic amines) is 1. The van der Waals surface area contributed by atoms with Crippen LogP contribution in [0.5, 0.6) is 5.75 Å². The molecule has 0 amide bonds. The second-order valence-corrected chi connectivity index (χ2v) is 6.54. The molecule has 6 nitrogen and oxygen atoms in total. The number of benzene rings is 1. The van der Waals surface area contributed by atoms with Crippen LogP contribution in [-0.4, -0.2) is 46.6 Å². The van der Waals surface area contributed by atoms with E-state index in [1.807, 2.05) is 18.3 Å². The number of carbonyl (C=O) groups is 2. The summed E-state index contributed by atoms with van der Waals surface area (Å²) in [4.78, 5) is 28.1. The molecule has 3 rings (SSSR count). The van der Waals surface area contributed by atoms with Crippen molar-refractivity contribution in [3.63, 3.8) is 0 Å². The zero-order valence-corrected chi connectivity index (χ0v) is 14.3. The lowest BCUT2D eigenvalue weighted by Crippen LogP contribution is -2.21. The van der Waals surface area contributed by atoms with Gasteiger partial charge in [-0.15, -0.1) is 0 Å². The highest BCUT2D eigenvalue weighted by Crippen LogP contribution is 2.25. The summed E-state index contributed by atoms with van der Waals surface area (Å²) < 4.78 is 5.35. The molecule has 0 saturated carbocycles. The molecule has 0 bridgehead atoms. The van der Waals surface area contributed by atoms with Gasteiger partial charge >= 0.3 is 11.9 Å². The van der Waals surface area contributed by atoms with Crippen LogP contribution in [0.25, 0.3) is 10.9 Å². The van der Waals surface area contributed by atoms with Gasteiger partial charge in [-0.05, 0) is 62.5 Å². The molecule has 0 aliphatic carbocycles. The van der Waals surface area contributed by atoms with Crippen LogP contribution in [0.2, 0.25) is 0 Å². The summed E-state index contributed by atoms with van der Waals surface area (Å²) in [7, 11) is 0. The molecule has 0 spiro atoms. The number of aromatic nitrogens is 1. The number of aromatic amines is 1. The Kier molecular flexibility index (Phi) is 5.71. The van der Waals surface area contributed by atoms with Crippen LogP contribution in [0, 0.1) is 0 Å². The lowest BCUT2D eigenvalue weighted by atomic mass is 10.1. The number of carbonyl (C=O) groups excluding carboxylic acids is 1. The van der Waals surface area contributed by atoms with Gasteiger partial charge in [0, 0.05) is 36.5 Å². The number of hydrogen-bond acceptors (Lipinski definition) is 4. The minimum absolute atomic E-state index is 0.0212. The molecule has 2 aromatic rings. The van der Waals surface area contributed by atoms with E-state index in [-0.39, 0.29) is 12.8 Å². The maximum atomic E-state index is 11.8. The fourth-order valence-corrected chi connectivity index (χ4v) is 3.28. The molecule has 6 heteroatoms. The van der Waals surface area contributed by atoms with Crippen LogP contribution < -0.4 is 4.74 Å². The van der Waals surface area contributed by atoms with Crippen molar-refractivity contribution in [2.75, 3.05) is 19.6 Å². The number of aliphatic carboxylic acids is 1. The van der Waals surface area contributed by atoms with Crippen molar-refractivity contribution in [2.45, 2.75) is 38.5 Å². The van der Waals surface area contributed by atoms with Crippen molar-refractivity contribution in [2.24, 2.45) is 0 Å². The van der Waals surface area contributed by atoms with Crippen molar-refractivity contribution in [1.29, 1.82) is 0 Å². The number of carboxylic acid groups (broad SMARTS) is 1. The second-order valence-electron chi connectivity index (χ2n) is 6.54. The van der Waals surface area contributed by atoms with Crippen LogP contribution in [0.3, 0.4) is 0 Å². The van der Waals surface area contributed by atoms with Crippen molar-refractivity contribution in [3.8, 4) is 5.75 Å². The van der Waals surface area contributed by atoms with Crippen molar-refractivity contribution < 1.29 is 19.4 Å². The third kappa shape index (κ3) is 4.82. The van der Waals surface area contributed by atoms with Crippen molar-refractivity contribution in [3.05, 3.63) is 30.0 Å². The van der Waals surface area contributed by atoms with Gasteiger partial charge in [0.25, 0.3) is 0 Å². The Morgan fingerprint density at radius 3 is 2.76 bits per heavy atom. The second kappa shape index (κ2) is 8.16. The largest absolute Gasteiger partial charge is 0.481 e. The maximum Gasteiger partial charge on any atom is 0.311 e. The van der Waals surface area contributed by atoms with Gasteiger partial charge in [0.15, 0.2) is 0 Å². The van der Waals surface area contributed by atoms with Gasteiger partial charge < -0.3 is 19.7 Å². The Bertz CT molecular complexity index is 747. The molecule has 2 heterocycles. The highest BCUT2D eigenvalue weighted by atomic mass is 16.5. The molecule has 1 aliphatic rings. The monoisotopic (exact) mass is 344 g/mol. The van der Waals surface area contributed by atoms with Crippen LogP contribution in [-0.2, 0) is 16.0 Å². The standard InChI is InChI=1S/C19H24N2O4/c22-18(23)4-3-5-19(24)25-15-6-7-17-16(12-15)14(13-20-17)8-11-21-9-1-2-10-21/h6-7,12-13,20H,1-5,8-11H2,(H,22,23). The van der Waals surface area contributed by atoms with Gasteiger partial charge in [0.2, 0.25) is 0 Å². The summed E-state index contributed by atoms with van der Waals surface area (Å²) in [6.07, 6.45) is 5.95. The minimum atomic E-state index is -0.899. The Morgan fingerprint density at radius 2 is 2.00 bits per heavy atom. The van der Waals surface area contributed by atoms with Gasteiger partial charge in [0.1, 0.15) is 5.75 Å². The SMILES string of the molecule is O=C(O)CCCC(=O)Oc1ccc2[nH]cc(CCN3CCCC3)c2c1. The number of hydrogen-bond donors (Lipinski definition) is 2. The highest BCUT2D eigenvalue weighted by Gasteiger charge is 2.13. The smallest absolute Gasteiger partial charge is 0.311 e. The number of H-pyrrole nitrogens is 1. The topological polar surface area (TPSA) is 82.6 Å². The van der Waals surface area contributed by atoms with Gasteiger partial charge in [-0.3, -0.25) is 9.59 Å². The average molecular weight is 344 g/mol. The van der Waals surface area contributed by atoms with Crippen molar-refractivity contribution >= 4 is 22.8 Å². The third-order valence-corrected chi connectivity index (χ3v) is 4.64. The van der Waals surface area contributed by atoms with E-state index >= 15 is 0 Å². The summed E-state index contributed by atoms with van der Waals surface area (Å²) in [6.45, 7) is 3.41. The van der Waals surface area contributed by atoms with Crippen LogP contribution >= 0.6 is 0 Å². The lowest BCUT2D eigenvalue weighted by Gasteiger charge is -2.13. The molecule has 1 fully saturated rings. The maximum absolute atomic E-state index is 11.8. The first-order valence-corrected chi connectivity index (χ1v) is 8.86. The fourth-order valence-electron chi connectivity index (χ4n) is 3.28. The number of ether oxygens (including phenoxy) is 1. The van der Waals surface area contributed by atoms with E-state index in [9.17, 15) is 9.59 Å². The summed E-state index contributed by atoms with van der Waals surface area (Å²) in [5.41, 5.74) is 2.26. The fraction of sp³-hybridized carbons (Fsp3) is 0.474. The predicted octanol–water partition coefficient (Wildman–Crippen LogP) is 2.97. The van der Waals surface area contributed by atoms with Gasteiger partial charge in [-0.1, -0.05) is 0 Å². The van der Waals surface area contributed by atoms with E-state index in [0.29, 0.717) is 12.2 Å². The number of nitrogens with one attached hydrogen (secondary N) is 1. The molecule has 134 valence electrons. The lowest BCUT2D eigenvalue weighted by molar-refractivity contribution is -0.137. The first kappa shape index (κ1) is 17.5. The molecule has 25 heavy (non-hydrogen) atoms. The highest BCUT2D eigenvalue weighted by molar-refractivity contribution is 5.85. The molecule has 1 aromatic heterocycles. The molecule has 0 radical (unpaired) electrons. The van der Waals surface area contributed by atoms with Crippen LogP contribution in [0.4, 0.5) is 0 Å². The quantitative estimate of drug-likeness (QED) is 0.568. The van der Waals surface area contributed by atoms with E-state index < -0.39 is 11.9 Å². The molecule has 2 N–H and O–H groups in total. The summed E-state index contributed by atoms with van der Waals surface area (Å²) >= 11 is 0. The Balaban J connectivity index is 1.61. The van der Waals surface area contributed by atoms with Crippen LogP contribution in [0.1, 0.15) is 37.7 Å². The number of nitrogens with zero attached hydrogens (tertiary/aromatic N) is 1. The Labute approximate surface area is 146 Å². The molecular weight excluding hydrogens is 320 g/mol. The summed E-state index contributed by atoms with van der Waals surface area (Å²) in [5, 5.41) is 9.69. The first-order valence-electron chi connectivity index (χ1n) is 8.86. The van der Waals surface area contributed by atoms with Gasteiger partial charge in [0.05, 0.1) is 0 Å². The molecule has 0 atom stereocenters. The number of rotatable bonds is 8. The molecule has 1 aromatic carbocycles. The van der Waals surface area contributed by atoms with Gasteiger partial charge in [-0.25, -0.2) is 0 Å². The third-order valence-electron chi connectivity index (χ3n) is 4.64. The Hall–Kier alpha value is -2.34. The van der Waals surface area contributed by atoms with E-state index in [1.165, 1.54) is 31.5 Å². The predicted molar refractivity (Wildman–Crippen MR) is 94.8 cm³/mol. The minimum Gasteiger partial charge on any atom is -0.481 e. The molecule has 0 unspecified atom stereocenters. The first-order chi connectivity index (χ1) is 12.1. The number of fused-ring (bicyclic) bond motifs is 1. The number of carboxylic acids is 1. The van der Waals surface area contributed by atoms with Crippen LogP contribution in [0.15, 0.2) is 24.4 Å². The summed E-state index contributed by atoms with van der Waals surface area (Å²) in [5.74, 6) is -0.784. The normalized spacial score (nSPS) is 14.9. The molecular formula is C19H24N2O4. The van der Waals surface area contributed by atoms with E-state index in [2.05, 4.69) is 9.88 Å².